The van der Waals surface area contributed by atoms with Gasteiger partial charge in [0.15, 0.2) is 0 Å². The molecule has 0 spiro atoms. The van der Waals surface area contributed by atoms with Crippen LogP contribution in [-0.2, 0) is 4.79 Å². The highest BCUT2D eigenvalue weighted by atomic mass is 16.5. The second kappa shape index (κ2) is 8.33. The van der Waals surface area contributed by atoms with Crippen molar-refractivity contribution < 1.29 is 14.3 Å². The molecule has 1 aromatic heterocycles. The van der Waals surface area contributed by atoms with Gasteiger partial charge < -0.3 is 19.3 Å². The van der Waals surface area contributed by atoms with Gasteiger partial charge in [0.25, 0.3) is 0 Å². The third-order valence-electron chi connectivity index (χ3n) is 4.26. The predicted octanol–water partition coefficient (Wildman–Crippen LogP) is 1.86. The lowest BCUT2D eigenvalue weighted by atomic mass is 10.2. The fourth-order valence-electron chi connectivity index (χ4n) is 2.81. The Labute approximate surface area is 152 Å². The van der Waals surface area contributed by atoms with Crippen LogP contribution in [0.1, 0.15) is 5.56 Å². The maximum Gasteiger partial charge on any atom is 0.246 e. The molecule has 7 heteroatoms. The molecule has 1 aromatic carbocycles. The van der Waals surface area contributed by atoms with Crippen molar-refractivity contribution in [2.45, 2.75) is 0 Å². The summed E-state index contributed by atoms with van der Waals surface area (Å²) in [5.74, 6) is 2.22. The fourth-order valence-corrected chi connectivity index (χ4v) is 2.81. The van der Waals surface area contributed by atoms with Gasteiger partial charge in [-0.3, -0.25) is 9.78 Å². The number of methoxy groups -OCH3 is 2. The summed E-state index contributed by atoms with van der Waals surface area (Å²) in [6.07, 6.45) is 8.45. The zero-order chi connectivity index (χ0) is 18.4. The molecule has 0 N–H and O–H groups in total. The van der Waals surface area contributed by atoms with E-state index in [9.17, 15) is 4.79 Å². The lowest BCUT2D eigenvalue weighted by Crippen LogP contribution is -2.48. The van der Waals surface area contributed by atoms with E-state index in [4.69, 9.17) is 9.47 Å². The summed E-state index contributed by atoms with van der Waals surface area (Å²) >= 11 is 0. The van der Waals surface area contributed by atoms with Gasteiger partial charge in [0.2, 0.25) is 5.91 Å². The highest BCUT2D eigenvalue weighted by Gasteiger charge is 2.20. The van der Waals surface area contributed by atoms with Crippen LogP contribution in [0.15, 0.2) is 42.9 Å². The van der Waals surface area contributed by atoms with Gasteiger partial charge in [-0.1, -0.05) is 0 Å². The van der Waals surface area contributed by atoms with Crippen molar-refractivity contribution in [3.63, 3.8) is 0 Å². The first-order chi connectivity index (χ1) is 12.7. The van der Waals surface area contributed by atoms with E-state index in [1.165, 1.54) is 0 Å². The summed E-state index contributed by atoms with van der Waals surface area (Å²) in [5, 5.41) is 0. The molecule has 1 aliphatic heterocycles. The van der Waals surface area contributed by atoms with E-state index >= 15 is 0 Å². The first-order valence-corrected chi connectivity index (χ1v) is 8.40. The Morgan fingerprint density at radius 2 is 1.73 bits per heavy atom. The molecule has 2 aromatic rings. The molecule has 0 unspecified atom stereocenters. The third-order valence-corrected chi connectivity index (χ3v) is 4.26. The van der Waals surface area contributed by atoms with E-state index in [2.05, 4.69) is 14.9 Å². The second-order valence-electron chi connectivity index (χ2n) is 5.86. The quantitative estimate of drug-likeness (QED) is 0.764. The molecule has 1 saturated heterocycles. The minimum atomic E-state index is -0.00872. The van der Waals surface area contributed by atoms with Crippen LogP contribution < -0.4 is 14.4 Å². The summed E-state index contributed by atoms with van der Waals surface area (Å²) in [7, 11) is 3.20. The molecule has 0 atom stereocenters. The molecule has 2 heterocycles. The standard InChI is InChI=1S/C19H22N4O3/c1-25-16-11-15(12-17(13-16)26-2)3-4-19(24)23-9-7-22(8-10-23)18-14-20-5-6-21-18/h3-6,11-14H,7-10H2,1-2H3/b4-3+. The number of ether oxygens (including phenoxy) is 2. The molecule has 0 radical (unpaired) electrons. The average Bonchev–Trinajstić information content (AvgIpc) is 2.72. The number of piperazine rings is 1. The van der Waals surface area contributed by atoms with Gasteiger partial charge in [0.1, 0.15) is 17.3 Å². The van der Waals surface area contributed by atoms with Crippen molar-refractivity contribution in [1.29, 1.82) is 0 Å². The van der Waals surface area contributed by atoms with Crippen molar-refractivity contribution in [3.8, 4) is 11.5 Å². The van der Waals surface area contributed by atoms with Gasteiger partial charge in [-0.15, -0.1) is 0 Å². The predicted molar refractivity (Wildman–Crippen MR) is 99.4 cm³/mol. The molecule has 136 valence electrons. The van der Waals surface area contributed by atoms with Gasteiger partial charge in [0, 0.05) is 50.7 Å². The number of nitrogens with zero attached hydrogens (tertiary/aromatic N) is 4. The largest absolute Gasteiger partial charge is 0.497 e. The van der Waals surface area contributed by atoms with Crippen molar-refractivity contribution in [3.05, 3.63) is 48.4 Å². The van der Waals surface area contributed by atoms with Gasteiger partial charge >= 0.3 is 0 Å². The molecule has 1 amide bonds. The Hall–Kier alpha value is -3.09. The second-order valence-corrected chi connectivity index (χ2v) is 5.86. The topological polar surface area (TPSA) is 67.8 Å². The molecule has 26 heavy (non-hydrogen) atoms. The molecule has 0 saturated carbocycles. The number of anilines is 1. The zero-order valence-electron chi connectivity index (χ0n) is 15.0. The highest BCUT2D eigenvalue weighted by molar-refractivity contribution is 5.92. The van der Waals surface area contributed by atoms with Crippen LogP contribution >= 0.6 is 0 Å². The van der Waals surface area contributed by atoms with Crippen molar-refractivity contribution >= 4 is 17.8 Å². The van der Waals surface area contributed by atoms with Crippen LogP contribution in [-0.4, -0.2) is 61.2 Å². The van der Waals surface area contributed by atoms with E-state index in [0.29, 0.717) is 24.6 Å². The lowest BCUT2D eigenvalue weighted by molar-refractivity contribution is -0.126. The molecule has 7 nitrogen and oxygen atoms in total. The highest BCUT2D eigenvalue weighted by Crippen LogP contribution is 2.23. The number of benzene rings is 1. The number of hydrogen-bond donors (Lipinski definition) is 0. The van der Waals surface area contributed by atoms with Gasteiger partial charge in [0.05, 0.1) is 20.4 Å². The first kappa shape index (κ1) is 17.7. The molecule has 1 aliphatic rings. The average molecular weight is 354 g/mol. The Balaban J connectivity index is 1.60. The number of carbonyl (C=O) groups excluding carboxylic acids is 1. The molecule has 0 bridgehead atoms. The number of hydrogen-bond acceptors (Lipinski definition) is 6. The van der Waals surface area contributed by atoms with E-state index in [1.54, 1.807) is 51.0 Å². The maximum atomic E-state index is 12.5. The van der Waals surface area contributed by atoms with Crippen LogP contribution in [0, 0.1) is 0 Å². The Kier molecular flexibility index (Phi) is 5.68. The number of carbonyl (C=O) groups is 1. The van der Waals surface area contributed by atoms with Gasteiger partial charge in [-0.05, 0) is 23.8 Å². The third kappa shape index (κ3) is 4.30. The maximum absolute atomic E-state index is 12.5. The summed E-state index contributed by atoms with van der Waals surface area (Å²) < 4.78 is 10.5. The van der Waals surface area contributed by atoms with Crippen LogP contribution in [0.2, 0.25) is 0 Å². The smallest absolute Gasteiger partial charge is 0.246 e. The van der Waals surface area contributed by atoms with Crippen LogP contribution in [0.5, 0.6) is 11.5 Å². The van der Waals surface area contributed by atoms with Crippen LogP contribution in [0.4, 0.5) is 5.82 Å². The molecular weight excluding hydrogens is 332 g/mol. The van der Waals surface area contributed by atoms with Gasteiger partial charge in [-0.25, -0.2) is 4.98 Å². The first-order valence-electron chi connectivity index (χ1n) is 8.40. The van der Waals surface area contributed by atoms with Crippen LogP contribution in [0.25, 0.3) is 6.08 Å². The number of aromatic nitrogens is 2. The Morgan fingerprint density at radius 3 is 2.31 bits per heavy atom. The van der Waals surface area contributed by atoms with Crippen molar-refractivity contribution in [1.82, 2.24) is 14.9 Å². The normalized spacial score (nSPS) is 14.5. The number of rotatable bonds is 5. The summed E-state index contributed by atoms with van der Waals surface area (Å²) in [4.78, 5) is 24.8. The van der Waals surface area contributed by atoms with E-state index < -0.39 is 0 Å². The van der Waals surface area contributed by atoms with E-state index in [1.807, 2.05) is 17.0 Å². The molecule has 1 fully saturated rings. The fraction of sp³-hybridized carbons (Fsp3) is 0.316. The summed E-state index contributed by atoms with van der Waals surface area (Å²) in [5.41, 5.74) is 0.854. The van der Waals surface area contributed by atoms with Crippen molar-refractivity contribution in [2.75, 3.05) is 45.3 Å². The minimum absolute atomic E-state index is 0.00872. The Morgan fingerprint density at radius 1 is 1.04 bits per heavy atom. The monoisotopic (exact) mass is 354 g/mol. The molecule has 0 aliphatic carbocycles. The van der Waals surface area contributed by atoms with E-state index in [-0.39, 0.29) is 5.91 Å². The summed E-state index contributed by atoms with van der Waals surface area (Å²) in [6.45, 7) is 2.79. The minimum Gasteiger partial charge on any atom is -0.497 e. The molecule has 3 rings (SSSR count). The SMILES string of the molecule is COc1cc(/C=C/C(=O)N2CCN(c3cnccn3)CC2)cc(OC)c1. The van der Waals surface area contributed by atoms with E-state index in [0.717, 1.165) is 24.5 Å². The van der Waals surface area contributed by atoms with Gasteiger partial charge in [-0.2, -0.15) is 0 Å². The summed E-state index contributed by atoms with van der Waals surface area (Å²) in [6, 6.07) is 5.52. The molecular formula is C19H22N4O3. The Bertz CT molecular complexity index is 749. The van der Waals surface area contributed by atoms with Crippen LogP contribution in [0.3, 0.4) is 0 Å². The zero-order valence-corrected chi connectivity index (χ0v) is 15.0. The number of amides is 1. The lowest BCUT2D eigenvalue weighted by Gasteiger charge is -2.34. The van der Waals surface area contributed by atoms with Crippen molar-refractivity contribution in [2.24, 2.45) is 0 Å².